The van der Waals surface area contributed by atoms with Gasteiger partial charge in [-0.1, -0.05) is 12.1 Å². The van der Waals surface area contributed by atoms with Crippen molar-refractivity contribution in [2.45, 2.75) is 12.8 Å². The summed E-state index contributed by atoms with van der Waals surface area (Å²) >= 11 is 0. The van der Waals surface area contributed by atoms with Crippen LogP contribution < -0.4 is 4.90 Å². The minimum absolute atomic E-state index is 0.360. The van der Waals surface area contributed by atoms with Crippen molar-refractivity contribution in [1.82, 2.24) is 0 Å². The second kappa shape index (κ2) is 6.14. The number of ether oxygens (including phenoxy) is 1. The van der Waals surface area contributed by atoms with Gasteiger partial charge in [0.25, 0.3) is 0 Å². The van der Waals surface area contributed by atoms with Gasteiger partial charge in [0.05, 0.1) is 6.61 Å². The van der Waals surface area contributed by atoms with Crippen LogP contribution in [0.4, 0.5) is 5.69 Å². The van der Waals surface area contributed by atoms with Gasteiger partial charge in [0, 0.05) is 31.5 Å². The number of carbonyl (C=O) groups is 1. The van der Waals surface area contributed by atoms with Crippen molar-refractivity contribution in [2.75, 3.05) is 31.7 Å². The molecule has 0 aliphatic carbocycles. The zero-order chi connectivity index (χ0) is 14.7. The molecule has 0 N–H and O–H groups in total. The number of methoxy groups -OCH3 is 1. The average molecular weight is 285 g/mol. The molecule has 21 heavy (non-hydrogen) atoms. The Kier molecular flexibility index (Phi) is 4.06. The number of aldehydes is 1. The van der Waals surface area contributed by atoms with Crippen LogP contribution in [0.5, 0.6) is 0 Å². The molecule has 1 aliphatic rings. The number of hydrogen-bond donors (Lipinski definition) is 0. The predicted octanol–water partition coefficient (Wildman–Crippen LogP) is 3.16. The number of fused-ring (bicyclic) bond motifs is 1. The van der Waals surface area contributed by atoms with Gasteiger partial charge in [0.2, 0.25) is 0 Å². The summed E-state index contributed by atoms with van der Waals surface area (Å²) in [6.45, 7) is 2.67. The maximum absolute atomic E-state index is 10.7. The fourth-order valence-corrected chi connectivity index (χ4v) is 2.81. The Morgan fingerprint density at radius 1 is 1.33 bits per heavy atom. The second-order valence-electron chi connectivity index (χ2n) is 5.25. The second-order valence-corrected chi connectivity index (χ2v) is 5.25. The lowest BCUT2D eigenvalue weighted by Crippen LogP contribution is -2.32. The fraction of sp³-hybridized carbons (Fsp3) is 0.353. The molecule has 0 radical (unpaired) electrons. The Morgan fingerprint density at radius 2 is 2.24 bits per heavy atom. The van der Waals surface area contributed by atoms with Crippen molar-refractivity contribution in [1.29, 1.82) is 0 Å². The first-order valence-corrected chi connectivity index (χ1v) is 7.24. The summed E-state index contributed by atoms with van der Waals surface area (Å²) in [5.74, 6) is 1.09. The van der Waals surface area contributed by atoms with E-state index in [1.807, 2.05) is 6.07 Å². The molecule has 0 saturated heterocycles. The molecule has 0 unspecified atom stereocenters. The molecule has 0 saturated carbocycles. The maximum atomic E-state index is 10.7. The van der Waals surface area contributed by atoms with Gasteiger partial charge in [-0.2, -0.15) is 0 Å². The van der Waals surface area contributed by atoms with E-state index >= 15 is 0 Å². The lowest BCUT2D eigenvalue weighted by molar-refractivity contribution is 0.110. The van der Waals surface area contributed by atoms with Crippen LogP contribution >= 0.6 is 0 Å². The van der Waals surface area contributed by atoms with E-state index in [2.05, 4.69) is 23.1 Å². The number of hydrogen-bond acceptors (Lipinski definition) is 4. The van der Waals surface area contributed by atoms with Crippen molar-refractivity contribution in [3.05, 3.63) is 41.7 Å². The Labute approximate surface area is 124 Å². The topological polar surface area (TPSA) is 42.7 Å². The molecule has 3 rings (SSSR count). The average Bonchev–Trinajstić information content (AvgIpc) is 3.01. The lowest BCUT2D eigenvalue weighted by Gasteiger charge is -2.31. The zero-order valence-corrected chi connectivity index (χ0v) is 12.2. The largest absolute Gasteiger partial charge is 0.453 e. The summed E-state index contributed by atoms with van der Waals surface area (Å²) in [4.78, 5) is 13.1. The summed E-state index contributed by atoms with van der Waals surface area (Å²) in [6, 6.07) is 9.91. The molecular weight excluding hydrogens is 266 g/mol. The maximum Gasteiger partial charge on any atom is 0.185 e. The van der Waals surface area contributed by atoms with Gasteiger partial charge in [-0.3, -0.25) is 4.79 Å². The van der Waals surface area contributed by atoms with Gasteiger partial charge in [0.1, 0.15) is 5.76 Å². The normalized spacial score (nSPS) is 14.0. The van der Waals surface area contributed by atoms with Crippen LogP contribution in [0.3, 0.4) is 0 Å². The van der Waals surface area contributed by atoms with E-state index in [0.717, 1.165) is 43.7 Å². The summed E-state index contributed by atoms with van der Waals surface area (Å²) < 4.78 is 10.7. The quantitative estimate of drug-likeness (QED) is 0.791. The van der Waals surface area contributed by atoms with Crippen molar-refractivity contribution in [2.24, 2.45) is 0 Å². The molecule has 0 amide bonds. The van der Waals surface area contributed by atoms with Gasteiger partial charge < -0.3 is 14.1 Å². The van der Waals surface area contributed by atoms with Crippen LogP contribution in [0.2, 0.25) is 0 Å². The molecule has 4 nitrogen and oxygen atoms in total. The summed E-state index contributed by atoms with van der Waals surface area (Å²) in [5.41, 5.74) is 3.62. The monoisotopic (exact) mass is 285 g/mol. The Balaban J connectivity index is 1.92. The van der Waals surface area contributed by atoms with Crippen molar-refractivity contribution in [3.63, 3.8) is 0 Å². The molecule has 1 aromatic heterocycles. The smallest absolute Gasteiger partial charge is 0.185 e. The summed E-state index contributed by atoms with van der Waals surface area (Å²) in [6.07, 6.45) is 3.01. The van der Waals surface area contributed by atoms with E-state index in [1.54, 1.807) is 13.2 Å². The van der Waals surface area contributed by atoms with Crippen LogP contribution in [0.1, 0.15) is 22.5 Å². The number of rotatable bonds is 5. The standard InChI is InChI=1S/C17H19NO3/c1-20-10-9-18-8-2-3-13-4-5-14(11-16(13)18)17-7-6-15(12-19)21-17/h4-7,11-12H,2-3,8-10H2,1H3. The lowest BCUT2D eigenvalue weighted by atomic mass is 9.99. The van der Waals surface area contributed by atoms with E-state index in [-0.39, 0.29) is 0 Å². The van der Waals surface area contributed by atoms with E-state index in [4.69, 9.17) is 9.15 Å². The highest BCUT2D eigenvalue weighted by Gasteiger charge is 2.18. The number of anilines is 1. The van der Waals surface area contributed by atoms with Crippen LogP contribution in [0, 0.1) is 0 Å². The first-order chi connectivity index (χ1) is 10.3. The van der Waals surface area contributed by atoms with Gasteiger partial charge >= 0.3 is 0 Å². The third-order valence-corrected chi connectivity index (χ3v) is 3.89. The van der Waals surface area contributed by atoms with Gasteiger partial charge in [-0.25, -0.2) is 0 Å². The van der Waals surface area contributed by atoms with Gasteiger partial charge in [0.15, 0.2) is 12.0 Å². The van der Waals surface area contributed by atoms with Crippen molar-refractivity contribution < 1.29 is 13.9 Å². The Hall–Kier alpha value is -2.07. The highest BCUT2D eigenvalue weighted by molar-refractivity contribution is 5.74. The molecule has 110 valence electrons. The summed E-state index contributed by atoms with van der Waals surface area (Å²) in [5, 5.41) is 0. The number of furan rings is 1. The minimum atomic E-state index is 0.360. The number of aryl methyl sites for hydroxylation is 1. The third kappa shape index (κ3) is 2.85. The Bertz CT molecular complexity index is 633. The zero-order valence-electron chi connectivity index (χ0n) is 12.2. The third-order valence-electron chi connectivity index (χ3n) is 3.89. The van der Waals surface area contributed by atoms with Crippen molar-refractivity contribution >= 4 is 12.0 Å². The van der Waals surface area contributed by atoms with Crippen molar-refractivity contribution in [3.8, 4) is 11.3 Å². The Morgan fingerprint density at radius 3 is 3.00 bits per heavy atom. The first-order valence-electron chi connectivity index (χ1n) is 7.24. The fourth-order valence-electron chi connectivity index (χ4n) is 2.81. The van der Waals surface area contributed by atoms with Crippen LogP contribution in [-0.2, 0) is 11.2 Å². The van der Waals surface area contributed by atoms with Crippen LogP contribution in [0.15, 0.2) is 34.7 Å². The summed E-state index contributed by atoms with van der Waals surface area (Å²) in [7, 11) is 1.73. The van der Waals surface area contributed by atoms with Gasteiger partial charge in [-0.05, 0) is 36.6 Å². The molecule has 1 aliphatic heterocycles. The van der Waals surface area contributed by atoms with E-state index in [1.165, 1.54) is 17.7 Å². The molecule has 2 aromatic rings. The van der Waals surface area contributed by atoms with Crippen LogP contribution in [-0.4, -0.2) is 33.1 Å². The van der Waals surface area contributed by atoms with Crippen LogP contribution in [0.25, 0.3) is 11.3 Å². The predicted molar refractivity (Wildman–Crippen MR) is 81.9 cm³/mol. The highest BCUT2D eigenvalue weighted by Crippen LogP contribution is 2.32. The number of nitrogens with zero attached hydrogens (tertiary/aromatic N) is 1. The molecule has 2 heterocycles. The van der Waals surface area contributed by atoms with E-state index in [9.17, 15) is 4.79 Å². The van der Waals surface area contributed by atoms with Gasteiger partial charge in [-0.15, -0.1) is 0 Å². The molecule has 0 bridgehead atoms. The first kappa shape index (κ1) is 13.9. The molecule has 4 heteroatoms. The SMILES string of the molecule is COCCN1CCCc2ccc(-c3ccc(C=O)o3)cc21. The molecular formula is C17H19NO3. The molecule has 0 spiro atoms. The van der Waals surface area contributed by atoms with E-state index in [0.29, 0.717) is 5.76 Å². The highest BCUT2D eigenvalue weighted by atomic mass is 16.5. The molecule has 0 atom stereocenters. The van der Waals surface area contributed by atoms with E-state index < -0.39 is 0 Å². The molecule has 0 fully saturated rings. The minimum Gasteiger partial charge on any atom is -0.453 e. The molecule has 1 aromatic carbocycles. The number of benzene rings is 1. The number of carbonyl (C=O) groups excluding carboxylic acids is 1.